The average Bonchev–Trinajstić information content (AvgIpc) is 3.43. The minimum Gasteiger partial charge on any atom is -0.493 e. The predicted molar refractivity (Wildman–Crippen MR) is 152 cm³/mol. The molecule has 3 heterocycles. The van der Waals surface area contributed by atoms with E-state index < -0.39 is 6.10 Å². The van der Waals surface area contributed by atoms with Crippen LogP contribution in [0.15, 0.2) is 54.9 Å². The first-order valence-corrected chi connectivity index (χ1v) is 13.6. The summed E-state index contributed by atoms with van der Waals surface area (Å²) < 4.78 is 17.8. The van der Waals surface area contributed by atoms with Crippen LogP contribution in [0.1, 0.15) is 49.2 Å². The number of aromatic nitrogens is 2. The normalized spacial score (nSPS) is 14.8. The lowest BCUT2D eigenvalue weighted by atomic mass is 9.93. The first kappa shape index (κ1) is 29.2. The number of halogens is 1. The maximum atomic E-state index is 13.0. The SMILES string of the molecule is CCOC(=O)CC1CCN(C(=O)C=Cc2cccn2-c2ccc(Cl)cc2C(O)c2nccc(OC)c2OC)CC1. The molecule has 1 amide bonds. The van der Waals surface area contributed by atoms with Gasteiger partial charge >= 0.3 is 5.97 Å². The molecule has 0 spiro atoms. The Morgan fingerprint density at radius 1 is 1.18 bits per heavy atom. The van der Waals surface area contributed by atoms with Gasteiger partial charge in [0.1, 0.15) is 11.8 Å². The fourth-order valence-corrected chi connectivity index (χ4v) is 5.12. The number of carbonyl (C=O) groups is 2. The number of ether oxygens (including phenoxy) is 3. The number of aliphatic hydroxyl groups is 1. The molecule has 0 bridgehead atoms. The Bertz CT molecular complexity index is 1360. The van der Waals surface area contributed by atoms with Gasteiger partial charge in [-0.25, -0.2) is 0 Å². The topological polar surface area (TPSA) is 103 Å². The van der Waals surface area contributed by atoms with Gasteiger partial charge in [-0.1, -0.05) is 11.6 Å². The van der Waals surface area contributed by atoms with E-state index in [2.05, 4.69) is 4.98 Å². The number of methoxy groups -OCH3 is 2. The summed E-state index contributed by atoms with van der Waals surface area (Å²) in [6.07, 6.45) is 7.45. The maximum Gasteiger partial charge on any atom is 0.306 e. The van der Waals surface area contributed by atoms with Crippen molar-refractivity contribution in [2.45, 2.75) is 32.3 Å². The summed E-state index contributed by atoms with van der Waals surface area (Å²) >= 11 is 6.34. The molecule has 1 saturated heterocycles. The molecule has 3 aromatic rings. The van der Waals surface area contributed by atoms with Gasteiger partial charge in [-0.2, -0.15) is 0 Å². The number of benzene rings is 1. The zero-order valence-electron chi connectivity index (χ0n) is 22.9. The summed E-state index contributed by atoms with van der Waals surface area (Å²) in [7, 11) is 3.01. The van der Waals surface area contributed by atoms with E-state index in [0.717, 1.165) is 18.5 Å². The lowest BCUT2D eigenvalue weighted by Crippen LogP contribution is -2.38. The highest BCUT2D eigenvalue weighted by molar-refractivity contribution is 6.30. The third-order valence-electron chi connectivity index (χ3n) is 6.99. The summed E-state index contributed by atoms with van der Waals surface area (Å²) in [6.45, 7) is 3.37. The van der Waals surface area contributed by atoms with Crippen LogP contribution in [0.3, 0.4) is 0 Å². The van der Waals surface area contributed by atoms with Gasteiger partial charge in [0, 0.05) is 60.3 Å². The van der Waals surface area contributed by atoms with Crippen LogP contribution < -0.4 is 9.47 Å². The number of esters is 1. The third-order valence-corrected chi connectivity index (χ3v) is 7.22. The lowest BCUT2D eigenvalue weighted by Gasteiger charge is -2.30. The molecule has 212 valence electrons. The Labute approximate surface area is 238 Å². The molecular formula is C30H34ClN3O6. The monoisotopic (exact) mass is 567 g/mol. The number of carbonyl (C=O) groups excluding carboxylic acids is 2. The number of hydrogen-bond acceptors (Lipinski definition) is 7. The summed E-state index contributed by atoms with van der Waals surface area (Å²) in [5.41, 5.74) is 2.20. The molecule has 4 rings (SSSR count). The zero-order chi connectivity index (χ0) is 28.6. The van der Waals surface area contributed by atoms with Crippen LogP contribution in [-0.2, 0) is 14.3 Å². The second kappa shape index (κ2) is 13.5. The minimum absolute atomic E-state index is 0.0935. The van der Waals surface area contributed by atoms with E-state index in [-0.39, 0.29) is 23.5 Å². The van der Waals surface area contributed by atoms with E-state index >= 15 is 0 Å². The van der Waals surface area contributed by atoms with E-state index in [1.807, 2.05) is 22.9 Å². The zero-order valence-corrected chi connectivity index (χ0v) is 23.6. The smallest absolute Gasteiger partial charge is 0.306 e. The Morgan fingerprint density at radius 3 is 2.65 bits per heavy atom. The number of aliphatic hydroxyl groups excluding tert-OH is 1. The number of likely N-dealkylation sites (tertiary alicyclic amines) is 1. The molecule has 0 saturated carbocycles. The van der Waals surface area contributed by atoms with Gasteiger partial charge < -0.3 is 28.8 Å². The number of amides is 1. The molecular weight excluding hydrogens is 534 g/mol. The molecule has 2 aromatic heterocycles. The molecule has 0 radical (unpaired) electrons. The molecule has 9 nitrogen and oxygen atoms in total. The van der Waals surface area contributed by atoms with Crippen LogP contribution in [0.25, 0.3) is 11.8 Å². The highest BCUT2D eigenvalue weighted by Crippen LogP contribution is 2.38. The van der Waals surface area contributed by atoms with Crippen molar-refractivity contribution in [1.29, 1.82) is 0 Å². The highest BCUT2D eigenvalue weighted by atomic mass is 35.5. The largest absolute Gasteiger partial charge is 0.493 e. The van der Waals surface area contributed by atoms with Crippen LogP contribution >= 0.6 is 11.6 Å². The average molecular weight is 568 g/mol. The highest BCUT2D eigenvalue weighted by Gasteiger charge is 2.25. The van der Waals surface area contributed by atoms with Crippen LogP contribution in [0.4, 0.5) is 0 Å². The standard InChI is InChI=1S/C30H34ClN3O6/c1-4-40-27(36)18-20-12-16-33(17-13-20)26(35)10-8-22-6-5-15-34(22)24-9-7-21(31)19-23(24)29(37)28-30(39-3)25(38-2)11-14-32-28/h5-11,14-15,19-20,29,37H,4,12-13,16-18H2,1-3H3. The molecule has 1 aromatic carbocycles. The van der Waals surface area contributed by atoms with E-state index in [9.17, 15) is 14.7 Å². The second-order valence-electron chi connectivity index (χ2n) is 9.45. The van der Waals surface area contributed by atoms with Gasteiger partial charge in [0.05, 0.1) is 26.5 Å². The molecule has 0 aliphatic carbocycles. The van der Waals surface area contributed by atoms with Crippen LogP contribution in [0.2, 0.25) is 5.02 Å². The van der Waals surface area contributed by atoms with Crippen LogP contribution in [0.5, 0.6) is 11.5 Å². The first-order valence-electron chi connectivity index (χ1n) is 13.2. The molecule has 1 unspecified atom stereocenters. The number of rotatable bonds is 10. The van der Waals surface area contributed by atoms with Gasteiger partial charge in [-0.3, -0.25) is 14.6 Å². The van der Waals surface area contributed by atoms with Crippen molar-refractivity contribution in [2.75, 3.05) is 33.9 Å². The van der Waals surface area contributed by atoms with Crippen molar-refractivity contribution >= 4 is 29.6 Å². The van der Waals surface area contributed by atoms with E-state index in [1.54, 1.807) is 54.4 Å². The quantitative estimate of drug-likeness (QED) is 0.276. The first-order chi connectivity index (χ1) is 19.4. The van der Waals surface area contributed by atoms with Crippen molar-refractivity contribution in [2.24, 2.45) is 5.92 Å². The molecule has 1 aliphatic heterocycles. The lowest BCUT2D eigenvalue weighted by molar-refractivity contribution is -0.144. The molecule has 1 N–H and O–H groups in total. The minimum atomic E-state index is -1.17. The second-order valence-corrected chi connectivity index (χ2v) is 9.89. The van der Waals surface area contributed by atoms with Gasteiger partial charge in [0.2, 0.25) is 5.91 Å². The molecule has 1 fully saturated rings. The molecule has 40 heavy (non-hydrogen) atoms. The van der Waals surface area contributed by atoms with Crippen molar-refractivity contribution in [1.82, 2.24) is 14.5 Å². The van der Waals surface area contributed by atoms with Crippen LogP contribution in [0, 0.1) is 5.92 Å². The Morgan fingerprint density at radius 2 is 1.95 bits per heavy atom. The predicted octanol–water partition coefficient (Wildman–Crippen LogP) is 4.83. The van der Waals surface area contributed by atoms with Crippen LogP contribution in [-0.4, -0.2) is 65.3 Å². The molecule has 1 atom stereocenters. The molecule has 1 aliphatic rings. The number of piperidine rings is 1. The summed E-state index contributed by atoms with van der Waals surface area (Å²) in [5, 5.41) is 11.9. The van der Waals surface area contributed by atoms with E-state index in [4.69, 9.17) is 25.8 Å². The van der Waals surface area contributed by atoms with Crippen molar-refractivity contribution < 1.29 is 28.9 Å². The van der Waals surface area contributed by atoms with Gasteiger partial charge in [-0.05, 0) is 62.1 Å². The number of nitrogens with zero attached hydrogens (tertiary/aromatic N) is 3. The number of hydrogen-bond donors (Lipinski definition) is 1. The third kappa shape index (κ3) is 6.66. The fourth-order valence-electron chi connectivity index (χ4n) is 4.94. The van der Waals surface area contributed by atoms with E-state index in [1.165, 1.54) is 14.2 Å². The Balaban J connectivity index is 1.53. The Hall–Kier alpha value is -3.82. The van der Waals surface area contributed by atoms with Gasteiger partial charge in [0.25, 0.3) is 0 Å². The summed E-state index contributed by atoms with van der Waals surface area (Å²) in [6, 6.07) is 10.6. The van der Waals surface area contributed by atoms with Crippen molar-refractivity contribution in [3.63, 3.8) is 0 Å². The van der Waals surface area contributed by atoms with Gasteiger partial charge in [-0.15, -0.1) is 0 Å². The van der Waals surface area contributed by atoms with Gasteiger partial charge in [0.15, 0.2) is 11.5 Å². The summed E-state index contributed by atoms with van der Waals surface area (Å²) in [4.78, 5) is 30.9. The number of pyridine rings is 1. The van der Waals surface area contributed by atoms with Crippen molar-refractivity contribution in [3.8, 4) is 17.2 Å². The molecule has 10 heteroatoms. The van der Waals surface area contributed by atoms with Crippen molar-refractivity contribution in [3.05, 3.63) is 76.8 Å². The maximum absolute atomic E-state index is 13.0. The van der Waals surface area contributed by atoms with E-state index in [0.29, 0.717) is 53.9 Å². The fraction of sp³-hybridized carbons (Fsp3) is 0.367. The Kier molecular flexibility index (Phi) is 9.84. The summed E-state index contributed by atoms with van der Waals surface area (Å²) in [5.74, 6) is 0.733.